The van der Waals surface area contributed by atoms with Gasteiger partial charge in [0, 0.05) is 30.4 Å². The van der Waals surface area contributed by atoms with E-state index in [4.69, 9.17) is 4.74 Å². The van der Waals surface area contributed by atoms with Crippen molar-refractivity contribution in [2.75, 3.05) is 24.3 Å². The lowest BCUT2D eigenvalue weighted by Gasteiger charge is -2.14. The van der Waals surface area contributed by atoms with Gasteiger partial charge in [-0.2, -0.15) is 4.98 Å². The number of nitrogens with one attached hydrogen (secondary N) is 2. The van der Waals surface area contributed by atoms with Crippen molar-refractivity contribution in [3.05, 3.63) is 53.2 Å². The number of para-hydroxylation sites is 1. The number of aryl methyl sites for hydroxylation is 1. The molecule has 0 amide bonds. The molecular formula is C21H28N4O. The Morgan fingerprint density at radius 2 is 2.00 bits per heavy atom. The van der Waals surface area contributed by atoms with E-state index < -0.39 is 0 Å². The molecule has 26 heavy (non-hydrogen) atoms. The number of ether oxygens (including phenoxy) is 1. The number of allylic oxidation sites excluding steroid dienone is 1. The molecular weight excluding hydrogens is 324 g/mol. The van der Waals surface area contributed by atoms with Gasteiger partial charge >= 0.3 is 0 Å². The molecule has 0 saturated carbocycles. The largest absolute Gasteiger partial charge is 0.496 e. The average molecular weight is 352 g/mol. The van der Waals surface area contributed by atoms with E-state index >= 15 is 0 Å². The zero-order valence-corrected chi connectivity index (χ0v) is 15.7. The molecule has 1 aliphatic carbocycles. The summed E-state index contributed by atoms with van der Waals surface area (Å²) < 4.78 is 5.40. The normalized spacial score (nSPS) is 13.8. The smallest absolute Gasteiger partial charge is 0.224 e. The fourth-order valence-corrected chi connectivity index (χ4v) is 3.24. The molecule has 2 N–H and O–H groups in total. The van der Waals surface area contributed by atoms with Crippen LogP contribution >= 0.6 is 0 Å². The third-order valence-corrected chi connectivity index (χ3v) is 4.62. The summed E-state index contributed by atoms with van der Waals surface area (Å²) in [5.74, 6) is 2.39. The highest BCUT2D eigenvalue weighted by Crippen LogP contribution is 2.21. The standard InChI is InChI=1S/C21H28N4O/c1-16-14-20(23-15-18-10-6-7-11-19(18)26-2)25-21(24-16)22-13-12-17-8-4-3-5-9-17/h6-8,10-11,14H,3-5,9,12-13,15H2,1-2H3,(H2,22,23,24,25). The summed E-state index contributed by atoms with van der Waals surface area (Å²) in [6, 6.07) is 9.97. The van der Waals surface area contributed by atoms with Gasteiger partial charge in [-0.1, -0.05) is 29.8 Å². The molecule has 1 aliphatic rings. The maximum Gasteiger partial charge on any atom is 0.224 e. The summed E-state index contributed by atoms with van der Waals surface area (Å²) >= 11 is 0. The van der Waals surface area contributed by atoms with Crippen LogP contribution in [0.4, 0.5) is 11.8 Å². The summed E-state index contributed by atoms with van der Waals surface area (Å²) in [5.41, 5.74) is 3.61. The van der Waals surface area contributed by atoms with E-state index in [0.717, 1.165) is 35.8 Å². The lowest BCUT2D eigenvalue weighted by molar-refractivity contribution is 0.410. The van der Waals surface area contributed by atoms with Crippen molar-refractivity contribution in [1.29, 1.82) is 0 Å². The number of hydrogen-bond acceptors (Lipinski definition) is 5. The number of benzene rings is 1. The van der Waals surface area contributed by atoms with Crippen LogP contribution in [0.3, 0.4) is 0 Å². The molecule has 0 saturated heterocycles. The Labute approximate surface area is 155 Å². The first-order chi connectivity index (χ1) is 12.7. The second-order valence-electron chi connectivity index (χ2n) is 6.67. The Hall–Kier alpha value is -2.56. The van der Waals surface area contributed by atoms with Gasteiger partial charge in [0.1, 0.15) is 11.6 Å². The fraction of sp³-hybridized carbons (Fsp3) is 0.429. The predicted octanol–water partition coefficient (Wildman–Crippen LogP) is 4.71. The number of anilines is 2. The molecule has 0 fully saturated rings. The van der Waals surface area contributed by atoms with Crippen molar-refractivity contribution in [2.24, 2.45) is 0 Å². The van der Waals surface area contributed by atoms with Gasteiger partial charge in [-0.25, -0.2) is 4.98 Å². The third kappa shape index (κ3) is 5.22. The van der Waals surface area contributed by atoms with Crippen LogP contribution in [-0.4, -0.2) is 23.6 Å². The van der Waals surface area contributed by atoms with E-state index in [1.807, 2.05) is 31.2 Å². The van der Waals surface area contributed by atoms with Crippen LogP contribution in [0.1, 0.15) is 43.4 Å². The van der Waals surface area contributed by atoms with Crippen molar-refractivity contribution in [3.8, 4) is 5.75 Å². The van der Waals surface area contributed by atoms with Crippen molar-refractivity contribution < 1.29 is 4.74 Å². The molecule has 0 aliphatic heterocycles. The van der Waals surface area contributed by atoms with Crippen LogP contribution < -0.4 is 15.4 Å². The molecule has 2 aromatic rings. The lowest BCUT2D eigenvalue weighted by Crippen LogP contribution is -2.10. The molecule has 0 radical (unpaired) electrons. The lowest BCUT2D eigenvalue weighted by atomic mass is 9.97. The van der Waals surface area contributed by atoms with Gasteiger partial charge in [-0.3, -0.25) is 0 Å². The minimum Gasteiger partial charge on any atom is -0.496 e. The van der Waals surface area contributed by atoms with Gasteiger partial charge in [0.2, 0.25) is 5.95 Å². The predicted molar refractivity (Wildman–Crippen MR) is 107 cm³/mol. The summed E-state index contributed by atoms with van der Waals surface area (Å²) in [5, 5.41) is 6.74. The second-order valence-corrected chi connectivity index (χ2v) is 6.67. The molecule has 0 atom stereocenters. The van der Waals surface area contributed by atoms with Gasteiger partial charge in [-0.05, 0) is 45.1 Å². The highest BCUT2D eigenvalue weighted by molar-refractivity contribution is 5.44. The van der Waals surface area contributed by atoms with Gasteiger partial charge in [-0.15, -0.1) is 0 Å². The molecule has 1 heterocycles. The van der Waals surface area contributed by atoms with Crippen molar-refractivity contribution in [1.82, 2.24) is 9.97 Å². The summed E-state index contributed by atoms with van der Waals surface area (Å²) in [6.07, 6.45) is 8.59. The van der Waals surface area contributed by atoms with Crippen LogP contribution in [0, 0.1) is 6.92 Å². The first kappa shape index (κ1) is 18.2. The molecule has 0 unspecified atom stereocenters. The number of hydrogen-bond donors (Lipinski definition) is 2. The zero-order valence-electron chi connectivity index (χ0n) is 15.7. The minimum atomic E-state index is 0.660. The molecule has 1 aromatic carbocycles. The van der Waals surface area contributed by atoms with E-state index in [1.165, 1.54) is 25.7 Å². The van der Waals surface area contributed by atoms with Crippen LogP contribution in [0.5, 0.6) is 5.75 Å². The van der Waals surface area contributed by atoms with E-state index in [1.54, 1.807) is 12.7 Å². The highest BCUT2D eigenvalue weighted by Gasteiger charge is 2.06. The topological polar surface area (TPSA) is 59.1 Å². The first-order valence-electron chi connectivity index (χ1n) is 9.38. The van der Waals surface area contributed by atoms with Gasteiger partial charge in [0.15, 0.2) is 0 Å². The van der Waals surface area contributed by atoms with E-state index in [0.29, 0.717) is 12.5 Å². The average Bonchev–Trinajstić information content (AvgIpc) is 2.67. The van der Waals surface area contributed by atoms with Gasteiger partial charge in [0.05, 0.1) is 7.11 Å². The summed E-state index contributed by atoms with van der Waals surface area (Å²) in [4.78, 5) is 9.09. The van der Waals surface area contributed by atoms with Crippen LogP contribution in [0.25, 0.3) is 0 Å². The number of nitrogens with zero attached hydrogens (tertiary/aromatic N) is 2. The summed E-state index contributed by atoms with van der Waals surface area (Å²) in [6.45, 7) is 3.53. The van der Waals surface area contributed by atoms with Crippen LogP contribution in [0.2, 0.25) is 0 Å². The Bertz CT molecular complexity index is 757. The highest BCUT2D eigenvalue weighted by atomic mass is 16.5. The summed E-state index contributed by atoms with van der Waals surface area (Å²) in [7, 11) is 1.69. The number of aromatic nitrogens is 2. The monoisotopic (exact) mass is 352 g/mol. The van der Waals surface area contributed by atoms with Crippen molar-refractivity contribution >= 4 is 11.8 Å². The van der Waals surface area contributed by atoms with Gasteiger partial charge < -0.3 is 15.4 Å². The van der Waals surface area contributed by atoms with E-state index in [-0.39, 0.29) is 0 Å². The SMILES string of the molecule is COc1ccccc1CNc1cc(C)nc(NCCC2=CCCCC2)n1. The fourth-order valence-electron chi connectivity index (χ4n) is 3.24. The molecule has 5 nitrogen and oxygen atoms in total. The Morgan fingerprint density at radius 3 is 2.81 bits per heavy atom. The molecule has 1 aromatic heterocycles. The molecule has 0 spiro atoms. The molecule has 138 valence electrons. The first-order valence-corrected chi connectivity index (χ1v) is 9.38. The van der Waals surface area contributed by atoms with E-state index in [9.17, 15) is 0 Å². The Morgan fingerprint density at radius 1 is 1.12 bits per heavy atom. The van der Waals surface area contributed by atoms with Crippen LogP contribution in [0.15, 0.2) is 42.0 Å². The Kier molecular flexibility index (Phi) is 6.47. The van der Waals surface area contributed by atoms with Gasteiger partial charge in [0.25, 0.3) is 0 Å². The maximum absolute atomic E-state index is 5.40. The molecule has 0 bridgehead atoms. The number of methoxy groups -OCH3 is 1. The Balaban J connectivity index is 1.57. The molecule has 5 heteroatoms. The quantitative estimate of drug-likeness (QED) is 0.674. The minimum absolute atomic E-state index is 0.660. The zero-order chi connectivity index (χ0) is 18.2. The van der Waals surface area contributed by atoms with Crippen molar-refractivity contribution in [3.63, 3.8) is 0 Å². The third-order valence-electron chi connectivity index (χ3n) is 4.62. The molecule has 3 rings (SSSR count). The second kappa shape index (κ2) is 9.22. The number of rotatable bonds is 8. The van der Waals surface area contributed by atoms with Crippen LogP contribution in [-0.2, 0) is 6.54 Å². The van der Waals surface area contributed by atoms with E-state index in [2.05, 4.69) is 32.7 Å². The van der Waals surface area contributed by atoms with Crippen molar-refractivity contribution in [2.45, 2.75) is 45.6 Å². The maximum atomic E-state index is 5.40.